The molecule has 1 heterocycles. The van der Waals surface area contributed by atoms with Gasteiger partial charge >= 0.3 is 0 Å². The molecule has 0 atom stereocenters. The van der Waals surface area contributed by atoms with E-state index in [0.717, 1.165) is 28.0 Å². The van der Waals surface area contributed by atoms with Crippen molar-refractivity contribution in [2.24, 2.45) is 0 Å². The summed E-state index contributed by atoms with van der Waals surface area (Å²) in [6.07, 6.45) is 3.31. The quantitative estimate of drug-likeness (QED) is 0.127. The Bertz CT molecular complexity index is 1210. The average Bonchev–Trinajstić information content (AvgIpc) is 3.24. The third-order valence-corrected chi connectivity index (χ3v) is 7.27. The summed E-state index contributed by atoms with van der Waals surface area (Å²) in [5.74, 6) is 2.90. The van der Waals surface area contributed by atoms with E-state index in [9.17, 15) is 4.79 Å². The topological polar surface area (TPSA) is 78.3 Å². The summed E-state index contributed by atoms with van der Waals surface area (Å²) >= 11 is 5.00. The van der Waals surface area contributed by atoms with Crippen LogP contribution in [0.2, 0.25) is 0 Å². The smallest absolute Gasteiger partial charge is 0.234 e. The molecule has 3 aromatic rings. The maximum atomic E-state index is 12.6. The number of rotatable bonds is 14. The molecule has 0 radical (unpaired) electrons. The first-order valence-corrected chi connectivity index (χ1v) is 14.2. The van der Waals surface area contributed by atoms with Crippen molar-refractivity contribution >= 4 is 39.3 Å². The highest BCUT2D eigenvalue weighted by atomic mass is 79.9. The summed E-state index contributed by atoms with van der Waals surface area (Å²) in [7, 11) is 0. The molecule has 37 heavy (non-hydrogen) atoms. The number of benzene rings is 2. The van der Waals surface area contributed by atoms with Gasteiger partial charge in [0, 0.05) is 17.4 Å². The van der Waals surface area contributed by atoms with E-state index in [1.807, 2.05) is 41.8 Å². The number of hydrogen-bond acceptors (Lipinski definition) is 6. The molecule has 0 saturated carbocycles. The molecule has 0 fully saturated rings. The van der Waals surface area contributed by atoms with Crippen LogP contribution in [0, 0.1) is 6.92 Å². The second kappa shape index (κ2) is 14.2. The molecule has 9 heteroatoms. The molecular weight excluding hydrogens is 552 g/mol. The first kappa shape index (κ1) is 28.8. The lowest BCUT2D eigenvalue weighted by Crippen LogP contribution is -2.15. The highest BCUT2D eigenvalue weighted by Crippen LogP contribution is 2.32. The SMILES string of the molecule is C=CCn1c(CCCOc2cc(C(C)C)c(Br)cc2C)nnc1SCC(=O)Nc1ccccc1OCC. The highest BCUT2D eigenvalue weighted by molar-refractivity contribution is 9.10. The third-order valence-electron chi connectivity index (χ3n) is 5.62. The number of para-hydroxylation sites is 2. The summed E-state index contributed by atoms with van der Waals surface area (Å²) in [5, 5.41) is 12.3. The minimum absolute atomic E-state index is 0.133. The van der Waals surface area contributed by atoms with Crippen LogP contribution in [-0.4, -0.2) is 39.6 Å². The van der Waals surface area contributed by atoms with Crippen molar-refractivity contribution < 1.29 is 14.3 Å². The fourth-order valence-corrected chi connectivity index (χ4v) is 5.45. The number of thioether (sulfide) groups is 1. The number of nitrogens with one attached hydrogen (secondary N) is 1. The van der Waals surface area contributed by atoms with Gasteiger partial charge in [-0.25, -0.2) is 0 Å². The van der Waals surface area contributed by atoms with Crippen molar-refractivity contribution in [1.82, 2.24) is 14.8 Å². The number of aromatic nitrogens is 3. The van der Waals surface area contributed by atoms with E-state index in [0.29, 0.717) is 48.7 Å². The maximum absolute atomic E-state index is 12.6. The van der Waals surface area contributed by atoms with Crippen LogP contribution in [0.5, 0.6) is 11.5 Å². The van der Waals surface area contributed by atoms with E-state index in [2.05, 4.69) is 70.9 Å². The lowest BCUT2D eigenvalue weighted by atomic mass is 10.0. The Morgan fingerprint density at radius 2 is 2.00 bits per heavy atom. The van der Waals surface area contributed by atoms with Crippen LogP contribution in [0.15, 0.2) is 58.7 Å². The summed E-state index contributed by atoms with van der Waals surface area (Å²) in [6, 6.07) is 11.6. The number of allylic oxidation sites excluding steroid dienone is 1. The number of ether oxygens (including phenoxy) is 2. The van der Waals surface area contributed by atoms with Crippen molar-refractivity contribution in [2.45, 2.75) is 58.2 Å². The molecule has 0 aliphatic carbocycles. The standard InChI is InChI=1S/C28H35BrN4O3S/c1-6-14-33-26(13-10-15-36-25-17-21(19(3)4)22(29)16-20(25)5)31-32-28(33)37-18-27(34)30-23-11-8-9-12-24(23)35-7-2/h6,8-9,11-12,16-17,19H,1,7,10,13-15,18H2,2-5H3,(H,30,34). The summed E-state index contributed by atoms with van der Waals surface area (Å²) in [4.78, 5) is 12.6. The third kappa shape index (κ3) is 8.10. The van der Waals surface area contributed by atoms with E-state index >= 15 is 0 Å². The molecule has 1 amide bonds. The molecule has 1 N–H and O–H groups in total. The normalized spacial score (nSPS) is 11.0. The van der Waals surface area contributed by atoms with Gasteiger partial charge < -0.3 is 19.4 Å². The number of anilines is 1. The molecule has 2 aromatic carbocycles. The van der Waals surface area contributed by atoms with E-state index in [1.165, 1.54) is 17.3 Å². The van der Waals surface area contributed by atoms with Gasteiger partial charge in [-0.05, 0) is 61.6 Å². The van der Waals surface area contributed by atoms with Gasteiger partial charge in [-0.3, -0.25) is 4.79 Å². The number of halogens is 1. The molecule has 3 rings (SSSR count). The largest absolute Gasteiger partial charge is 0.493 e. The Morgan fingerprint density at radius 3 is 2.73 bits per heavy atom. The zero-order chi connectivity index (χ0) is 26.8. The van der Waals surface area contributed by atoms with Gasteiger partial charge in [0.05, 0.1) is 24.7 Å². The predicted molar refractivity (Wildman–Crippen MR) is 154 cm³/mol. The second-order valence-corrected chi connectivity index (χ2v) is 10.6. The monoisotopic (exact) mass is 586 g/mol. The zero-order valence-electron chi connectivity index (χ0n) is 21.9. The van der Waals surface area contributed by atoms with Gasteiger partial charge in [-0.15, -0.1) is 16.8 Å². The Morgan fingerprint density at radius 1 is 1.22 bits per heavy atom. The van der Waals surface area contributed by atoms with Gasteiger partial charge in [-0.1, -0.05) is 59.7 Å². The maximum Gasteiger partial charge on any atom is 0.234 e. The molecule has 0 bridgehead atoms. The molecule has 0 aliphatic rings. The van der Waals surface area contributed by atoms with Crippen molar-refractivity contribution in [2.75, 3.05) is 24.3 Å². The fourth-order valence-electron chi connectivity index (χ4n) is 3.77. The van der Waals surface area contributed by atoms with Crippen LogP contribution >= 0.6 is 27.7 Å². The van der Waals surface area contributed by atoms with Crippen LogP contribution in [0.1, 0.15) is 50.1 Å². The zero-order valence-corrected chi connectivity index (χ0v) is 24.3. The number of carbonyl (C=O) groups is 1. The average molecular weight is 588 g/mol. The van der Waals surface area contributed by atoms with Crippen LogP contribution in [-0.2, 0) is 17.8 Å². The predicted octanol–water partition coefficient (Wildman–Crippen LogP) is 6.80. The summed E-state index contributed by atoms with van der Waals surface area (Å²) in [6.45, 7) is 13.9. The van der Waals surface area contributed by atoms with Crippen molar-refractivity contribution in [3.05, 3.63) is 70.5 Å². The lowest BCUT2D eigenvalue weighted by molar-refractivity contribution is -0.113. The Kier molecular flexibility index (Phi) is 11.1. The molecule has 7 nitrogen and oxygen atoms in total. The minimum Gasteiger partial charge on any atom is -0.493 e. The van der Waals surface area contributed by atoms with Crippen molar-refractivity contribution in [3.8, 4) is 11.5 Å². The Hall–Kier alpha value is -2.78. The van der Waals surface area contributed by atoms with E-state index in [1.54, 1.807) is 0 Å². The van der Waals surface area contributed by atoms with E-state index in [4.69, 9.17) is 9.47 Å². The Labute approximate surface area is 232 Å². The minimum atomic E-state index is -0.133. The van der Waals surface area contributed by atoms with Gasteiger partial charge in [-0.2, -0.15) is 0 Å². The van der Waals surface area contributed by atoms with Crippen molar-refractivity contribution in [3.63, 3.8) is 0 Å². The second-order valence-electron chi connectivity index (χ2n) is 8.81. The fraction of sp³-hybridized carbons (Fsp3) is 0.393. The molecule has 0 saturated heterocycles. The molecular formula is C28H35BrN4O3S. The van der Waals surface area contributed by atoms with Gasteiger partial charge in [0.1, 0.15) is 17.3 Å². The molecule has 198 valence electrons. The summed E-state index contributed by atoms with van der Waals surface area (Å²) in [5.41, 5.74) is 3.00. The highest BCUT2D eigenvalue weighted by Gasteiger charge is 2.15. The van der Waals surface area contributed by atoms with Crippen LogP contribution in [0.4, 0.5) is 5.69 Å². The van der Waals surface area contributed by atoms with Gasteiger partial charge in [0.15, 0.2) is 5.16 Å². The van der Waals surface area contributed by atoms with Crippen molar-refractivity contribution in [1.29, 1.82) is 0 Å². The molecule has 0 spiro atoms. The first-order valence-electron chi connectivity index (χ1n) is 12.4. The number of aryl methyl sites for hydroxylation is 2. The molecule has 0 unspecified atom stereocenters. The number of nitrogens with zero attached hydrogens (tertiary/aromatic N) is 3. The van der Waals surface area contributed by atoms with Gasteiger partial charge in [0.2, 0.25) is 5.91 Å². The van der Waals surface area contributed by atoms with Crippen LogP contribution in [0.3, 0.4) is 0 Å². The number of amides is 1. The van der Waals surface area contributed by atoms with Gasteiger partial charge in [0.25, 0.3) is 0 Å². The van der Waals surface area contributed by atoms with E-state index < -0.39 is 0 Å². The Balaban J connectivity index is 1.56. The van der Waals surface area contributed by atoms with E-state index in [-0.39, 0.29) is 11.7 Å². The van der Waals surface area contributed by atoms with Crippen LogP contribution in [0.25, 0.3) is 0 Å². The number of hydrogen-bond donors (Lipinski definition) is 1. The molecule has 1 aromatic heterocycles. The number of carbonyl (C=O) groups excluding carboxylic acids is 1. The first-order chi connectivity index (χ1) is 17.8. The molecule has 0 aliphatic heterocycles. The van der Waals surface area contributed by atoms with Crippen LogP contribution < -0.4 is 14.8 Å². The lowest BCUT2D eigenvalue weighted by Gasteiger charge is -2.15. The summed E-state index contributed by atoms with van der Waals surface area (Å²) < 4.78 is 14.8.